The maximum atomic E-state index is 12.1. The van der Waals surface area contributed by atoms with Crippen molar-refractivity contribution in [2.75, 3.05) is 0 Å². The lowest BCUT2D eigenvalue weighted by Crippen LogP contribution is -2.25. The molecule has 18 heavy (non-hydrogen) atoms. The summed E-state index contributed by atoms with van der Waals surface area (Å²) >= 11 is 0. The summed E-state index contributed by atoms with van der Waals surface area (Å²) < 4.78 is 62.0. The minimum atomic E-state index is -5.54. The molecule has 1 aliphatic carbocycles. The van der Waals surface area contributed by atoms with Gasteiger partial charge in [-0.15, -0.1) is 0 Å². The zero-order chi connectivity index (χ0) is 14.2. The van der Waals surface area contributed by atoms with Gasteiger partial charge in [-0.25, -0.2) is 0 Å². The van der Waals surface area contributed by atoms with E-state index in [4.69, 9.17) is 0 Å². The van der Waals surface area contributed by atoms with Crippen LogP contribution >= 0.6 is 0 Å². The molecule has 0 N–H and O–H groups in total. The minimum absolute atomic E-state index is 0.0351. The van der Waals surface area contributed by atoms with Crippen LogP contribution in [-0.4, -0.2) is 13.9 Å². The fourth-order valence-corrected chi connectivity index (χ4v) is 2.69. The van der Waals surface area contributed by atoms with Gasteiger partial charge in [-0.3, -0.25) is 0 Å². The van der Waals surface area contributed by atoms with E-state index in [9.17, 15) is 21.6 Å². The van der Waals surface area contributed by atoms with Crippen LogP contribution in [0.25, 0.3) is 0 Å². The van der Waals surface area contributed by atoms with Crippen LogP contribution < -0.4 is 0 Å². The van der Waals surface area contributed by atoms with Crippen LogP contribution in [0.1, 0.15) is 40.0 Å². The molecular formula is C11H17F3O3S. The molecule has 1 atom stereocenters. The number of allylic oxidation sites excluding steroid dienone is 2. The predicted molar refractivity (Wildman–Crippen MR) is 60.9 cm³/mol. The molecule has 0 aromatic heterocycles. The Morgan fingerprint density at radius 3 is 2.33 bits per heavy atom. The van der Waals surface area contributed by atoms with Crippen molar-refractivity contribution in [1.82, 2.24) is 0 Å². The summed E-state index contributed by atoms with van der Waals surface area (Å²) in [5.41, 5.74) is -5.42. The van der Waals surface area contributed by atoms with Crippen molar-refractivity contribution >= 4 is 10.1 Å². The van der Waals surface area contributed by atoms with E-state index in [1.54, 1.807) is 0 Å². The molecule has 0 heterocycles. The van der Waals surface area contributed by atoms with Gasteiger partial charge in [-0.05, 0) is 37.2 Å². The first-order valence-electron chi connectivity index (χ1n) is 5.65. The van der Waals surface area contributed by atoms with Gasteiger partial charge in [0.15, 0.2) is 0 Å². The van der Waals surface area contributed by atoms with Crippen molar-refractivity contribution < 1.29 is 25.8 Å². The summed E-state index contributed by atoms with van der Waals surface area (Å²) in [5, 5.41) is 0. The second kappa shape index (κ2) is 4.75. The van der Waals surface area contributed by atoms with Crippen LogP contribution in [0.2, 0.25) is 0 Å². The Labute approximate surface area is 105 Å². The normalized spacial score (nSPS) is 25.2. The number of hydrogen-bond donors (Lipinski definition) is 0. The summed E-state index contributed by atoms with van der Waals surface area (Å²) in [6.07, 6.45) is 4.26. The van der Waals surface area contributed by atoms with Crippen LogP contribution in [-0.2, 0) is 14.3 Å². The zero-order valence-corrected chi connectivity index (χ0v) is 11.4. The Kier molecular flexibility index (Phi) is 4.05. The van der Waals surface area contributed by atoms with E-state index in [2.05, 4.69) is 4.18 Å². The number of halogens is 3. The lowest BCUT2D eigenvalue weighted by molar-refractivity contribution is -0.0522. The fourth-order valence-electron chi connectivity index (χ4n) is 2.19. The zero-order valence-electron chi connectivity index (χ0n) is 10.5. The van der Waals surface area contributed by atoms with E-state index in [0.29, 0.717) is 0 Å². The second-order valence-electron chi connectivity index (χ2n) is 5.25. The highest BCUT2D eigenvalue weighted by molar-refractivity contribution is 7.87. The standard InChI is InChI=1S/C11H17F3O3S/c1-8(17-18(15,16)11(12,13)14)7-9-5-4-6-10(9,2)3/h7,9H,4-6H2,1-3H3/b8-7+. The van der Waals surface area contributed by atoms with Crippen LogP contribution in [0.15, 0.2) is 11.8 Å². The molecule has 0 spiro atoms. The van der Waals surface area contributed by atoms with Gasteiger partial charge in [0.2, 0.25) is 0 Å². The molecule has 0 saturated heterocycles. The van der Waals surface area contributed by atoms with E-state index < -0.39 is 15.6 Å². The summed E-state index contributed by atoms with van der Waals surface area (Å²) in [4.78, 5) is 0. The van der Waals surface area contributed by atoms with E-state index in [-0.39, 0.29) is 17.1 Å². The number of hydrogen-bond acceptors (Lipinski definition) is 3. The molecule has 106 valence electrons. The van der Waals surface area contributed by atoms with Crippen LogP contribution in [0.4, 0.5) is 13.2 Å². The minimum Gasteiger partial charge on any atom is -0.381 e. The highest BCUT2D eigenvalue weighted by Gasteiger charge is 2.48. The molecule has 0 radical (unpaired) electrons. The van der Waals surface area contributed by atoms with Gasteiger partial charge in [-0.1, -0.05) is 20.3 Å². The third-order valence-electron chi connectivity index (χ3n) is 3.30. The summed E-state index contributed by atoms with van der Waals surface area (Å²) in [6.45, 7) is 5.25. The largest absolute Gasteiger partial charge is 0.534 e. The average Bonchev–Trinajstić information content (AvgIpc) is 2.42. The van der Waals surface area contributed by atoms with Crippen molar-refractivity contribution in [2.24, 2.45) is 11.3 Å². The van der Waals surface area contributed by atoms with Crippen molar-refractivity contribution in [3.8, 4) is 0 Å². The van der Waals surface area contributed by atoms with Crippen LogP contribution in [0.3, 0.4) is 0 Å². The fraction of sp³-hybridized carbons (Fsp3) is 0.818. The Morgan fingerprint density at radius 2 is 1.94 bits per heavy atom. The maximum absolute atomic E-state index is 12.1. The lowest BCUT2D eigenvalue weighted by Gasteiger charge is -2.24. The second-order valence-corrected chi connectivity index (χ2v) is 6.79. The highest BCUT2D eigenvalue weighted by atomic mass is 32.2. The van der Waals surface area contributed by atoms with Gasteiger partial charge in [0.25, 0.3) is 0 Å². The van der Waals surface area contributed by atoms with E-state index >= 15 is 0 Å². The first-order chi connectivity index (χ1) is 7.96. The molecule has 0 aromatic rings. The van der Waals surface area contributed by atoms with Crippen molar-refractivity contribution in [1.29, 1.82) is 0 Å². The van der Waals surface area contributed by atoms with Crippen molar-refractivity contribution in [2.45, 2.75) is 45.5 Å². The third-order valence-corrected chi connectivity index (χ3v) is 4.35. The highest BCUT2D eigenvalue weighted by Crippen LogP contribution is 2.44. The maximum Gasteiger partial charge on any atom is 0.534 e. The average molecular weight is 286 g/mol. The van der Waals surface area contributed by atoms with E-state index in [1.165, 1.54) is 13.0 Å². The molecule has 1 fully saturated rings. The molecule has 1 unspecified atom stereocenters. The molecule has 1 saturated carbocycles. The smallest absolute Gasteiger partial charge is 0.381 e. The molecule has 0 aromatic carbocycles. The van der Waals surface area contributed by atoms with Gasteiger partial charge in [0.05, 0.1) is 0 Å². The Balaban J connectivity index is 2.81. The predicted octanol–water partition coefficient (Wildman–Crippen LogP) is 3.58. The molecule has 0 bridgehead atoms. The molecule has 3 nitrogen and oxygen atoms in total. The quantitative estimate of drug-likeness (QED) is 0.452. The van der Waals surface area contributed by atoms with Crippen LogP contribution in [0.5, 0.6) is 0 Å². The SMILES string of the molecule is C/C(=C\C1CCCC1(C)C)OS(=O)(=O)C(F)(F)F. The number of alkyl halides is 3. The topological polar surface area (TPSA) is 43.4 Å². The summed E-state index contributed by atoms with van der Waals surface area (Å²) in [6, 6.07) is 0. The summed E-state index contributed by atoms with van der Waals surface area (Å²) in [5.74, 6) is -0.173. The van der Waals surface area contributed by atoms with Gasteiger partial charge < -0.3 is 4.18 Å². The van der Waals surface area contributed by atoms with E-state index in [0.717, 1.165) is 19.3 Å². The summed E-state index contributed by atoms with van der Waals surface area (Å²) in [7, 11) is -5.54. The molecule has 1 aliphatic rings. The van der Waals surface area contributed by atoms with Gasteiger partial charge in [-0.2, -0.15) is 21.6 Å². The Bertz CT molecular complexity index is 435. The van der Waals surface area contributed by atoms with E-state index in [1.807, 2.05) is 13.8 Å². The van der Waals surface area contributed by atoms with Crippen LogP contribution in [0, 0.1) is 11.3 Å². The first kappa shape index (κ1) is 15.3. The molecule has 1 rings (SSSR count). The monoisotopic (exact) mass is 286 g/mol. The lowest BCUT2D eigenvalue weighted by atomic mass is 9.82. The van der Waals surface area contributed by atoms with Gasteiger partial charge >= 0.3 is 15.6 Å². The van der Waals surface area contributed by atoms with Crippen molar-refractivity contribution in [3.63, 3.8) is 0 Å². The molecule has 7 heteroatoms. The van der Waals surface area contributed by atoms with Gasteiger partial charge in [0.1, 0.15) is 5.76 Å². The van der Waals surface area contributed by atoms with Crippen molar-refractivity contribution in [3.05, 3.63) is 11.8 Å². The number of rotatable bonds is 3. The first-order valence-corrected chi connectivity index (χ1v) is 7.06. The van der Waals surface area contributed by atoms with Gasteiger partial charge in [0, 0.05) is 0 Å². The Hall–Kier alpha value is -0.720. The third kappa shape index (κ3) is 3.40. The Morgan fingerprint density at radius 1 is 1.39 bits per heavy atom. The molecule has 0 aliphatic heterocycles. The molecular weight excluding hydrogens is 269 g/mol. The molecule has 0 amide bonds.